The molecule has 2 atom stereocenters. The number of aromatic nitrogens is 14. The second-order valence-electron chi connectivity index (χ2n) is 21.8. The second-order valence-corrected chi connectivity index (χ2v) is 21.8. The highest BCUT2D eigenvalue weighted by molar-refractivity contribution is 6.06. The normalized spacial score (nSPS) is 15.0. The number of imidazole rings is 3. The maximum Gasteiger partial charge on any atom is 0.417 e. The molecule has 1 fully saturated rings. The molecule has 33 heteroatoms. The van der Waals surface area contributed by atoms with Crippen molar-refractivity contribution in [1.82, 2.24) is 63.7 Å². The molecule has 9 aromatic heterocycles. The molecule has 2 unspecified atom stereocenters. The first-order valence-electron chi connectivity index (χ1n) is 28.2. The number of alkyl halides is 9. The number of rotatable bonds is 15. The fourth-order valence-corrected chi connectivity index (χ4v) is 10.9. The lowest BCUT2D eigenvalue weighted by atomic mass is 9.77. The number of carbonyl (C=O) groups excluding carboxylic acids is 3. The van der Waals surface area contributed by atoms with E-state index in [-0.39, 0.29) is 111 Å². The number of anilines is 3. The van der Waals surface area contributed by atoms with Crippen LogP contribution in [0.25, 0.3) is 50.7 Å². The zero-order chi connectivity index (χ0) is 66.9. The summed E-state index contributed by atoms with van der Waals surface area (Å²) in [6.07, 6.45) is -10.4. The van der Waals surface area contributed by atoms with Crippen molar-refractivity contribution in [2.75, 3.05) is 29.2 Å². The quantitative estimate of drug-likeness (QED) is 0.0471. The third-order valence-electron chi connectivity index (χ3n) is 15.2. The van der Waals surface area contributed by atoms with Gasteiger partial charge in [-0.25, -0.2) is 29.0 Å². The molecule has 0 saturated carbocycles. The minimum atomic E-state index is -4.91. The van der Waals surface area contributed by atoms with E-state index in [1.165, 1.54) is 126 Å². The third-order valence-corrected chi connectivity index (χ3v) is 15.2. The Kier molecular flexibility index (Phi) is 15.3. The lowest BCUT2D eigenvalue weighted by Crippen LogP contribution is -2.47. The van der Waals surface area contributed by atoms with Gasteiger partial charge in [0.15, 0.2) is 22.7 Å². The summed E-state index contributed by atoms with van der Waals surface area (Å²) in [4.78, 5) is 71.6. The first-order valence-corrected chi connectivity index (χ1v) is 28.2. The standard InChI is InChI=1S/C62H42F9N17O7/c1-31-24-32(25-33(76-31)28-85-47-19-17-42(35-11-4-7-14-39(35)61(66,67)68)83-87(47)49(56(85)93)55(92)81-57-72-21-9-22-73-57)77-53(90)48-54(91)79-51-37(26-43(84-88(48)51)36-12-5-8-15-40(36)62(69,70)71)50-59(2,30-95-50)29-94-46-20-23-74-58(78-46)80-52(89)44-27-75-45-18-16-41(82-86(44)45)34-10-3-6-13-38(34)60(63,64)65/h3-27,50H,28-30H2,1-2H3,(H4-,72,73,74,76,77,78,80,81,83,89,90,91,92,93)/p+1. The summed E-state index contributed by atoms with van der Waals surface area (Å²) < 4.78 is 145. The molecule has 10 heterocycles. The Morgan fingerprint density at radius 1 is 0.621 bits per heavy atom. The van der Waals surface area contributed by atoms with Gasteiger partial charge in [0.05, 0.1) is 58.1 Å². The van der Waals surface area contributed by atoms with Gasteiger partial charge in [0.1, 0.15) is 18.8 Å². The largest absolute Gasteiger partial charge is 0.492 e. The molecule has 24 nitrogen and oxygen atoms in total. The third kappa shape index (κ3) is 11.9. The Bertz CT molecular complexity index is 5060. The molecule has 3 amide bonds. The molecule has 13 rings (SSSR count). The highest BCUT2D eigenvalue weighted by Gasteiger charge is 2.49. The lowest BCUT2D eigenvalue weighted by molar-refractivity contribution is -0.668. The molecule has 0 bridgehead atoms. The van der Waals surface area contributed by atoms with Gasteiger partial charge in [0.2, 0.25) is 23.7 Å². The molecule has 0 aliphatic carbocycles. The van der Waals surface area contributed by atoms with Crippen LogP contribution < -0.4 is 25.3 Å². The van der Waals surface area contributed by atoms with Crippen LogP contribution in [0.3, 0.4) is 0 Å². The number of pyridine rings is 1. The summed E-state index contributed by atoms with van der Waals surface area (Å²) >= 11 is 0. The monoisotopic (exact) mass is 1310 g/mol. The van der Waals surface area contributed by atoms with Crippen LogP contribution in [0, 0.1) is 12.3 Å². The van der Waals surface area contributed by atoms with Crippen LogP contribution >= 0.6 is 0 Å². The van der Waals surface area contributed by atoms with E-state index in [1.54, 1.807) is 13.8 Å². The van der Waals surface area contributed by atoms with Crippen molar-refractivity contribution < 1.29 is 78.2 Å². The second kappa shape index (κ2) is 23.6. The minimum Gasteiger partial charge on any atom is -0.492 e. The van der Waals surface area contributed by atoms with E-state index in [0.29, 0.717) is 0 Å². The van der Waals surface area contributed by atoms with E-state index in [4.69, 9.17) is 9.47 Å². The summed E-state index contributed by atoms with van der Waals surface area (Å²) in [6.45, 7) is 2.61. The van der Waals surface area contributed by atoms with Crippen LogP contribution in [0.5, 0.6) is 17.6 Å². The molecular weight excluding hydrogens is 1270 g/mol. The van der Waals surface area contributed by atoms with Crippen LogP contribution in [0.15, 0.2) is 152 Å². The number of carbonyl (C=O) groups is 3. The van der Waals surface area contributed by atoms with Gasteiger partial charge in [-0.2, -0.15) is 64.2 Å². The Balaban J connectivity index is 0.790. The fourth-order valence-electron chi connectivity index (χ4n) is 10.9. The molecule has 0 radical (unpaired) electrons. The average molecular weight is 1310 g/mol. The van der Waals surface area contributed by atoms with E-state index in [0.717, 1.165) is 44.0 Å². The highest BCUT2D eigenvalue weighted by atomic mass is 19.4. The average Bonchev–Trinajstić information content (AvgIpc) is 1.72. The van der Waals surface area contributed by atoms with Crippen LogP contribution in [-0.4, -0.2) is 105 Å². The topological polar surface area (TPSA) is 292 Å². The van der Waals surface area contributed by atoms with Gasteiger partial charge in [-0.05, 0) is 67.6 Å². The number of amides is 3. The van der Waals surface area contributed by atoms with Crippen LogP contribution in [0.2, 0.25) is 0 Å². The van der Waals surface area contributed by atoms with Gasteiger partial charge in [0, 0.05) is 64.4 Å². The molecule has 1 aliphatic heterocycles. The van der Waals surface area contributed by atoms with E-state index in [1.807, 2.05) is 0 Å². The number of aryl methyl sites for hydroxylation is 1. The number of benzene rings is 3. The first kappa shape index (κ1) is 61.8. The van der Waals surface area contributed by atoms with Crippen molar-refractivity contribution in [2.24, 2.45) is 5.41 Å². The van der Waals surface area contributed by atoms with Gasteiger partial charge < -0.3 is 25.0 Å². The summed E-state index contributed by atoms with van der Waals surface area (Å²) in [5.74, 6) is -5.14. The van der Waals surface area contributed by atoms with Crippen molar-refractivity contribution >= 4 is 52.2 Å². The molecule has 5 N–H and O–H groups in total. The van der Waals surface area contributed by atoms with Gasteiger partial charge in [-0.3, -0.25) is 30.0 Å². The maximum atomic E-state index is 14.8. The number of fused-ring (bicyclic) bond motifs is 3. The minimum absolute atomic E-state index is 0.00729. The smallest absolute Gasteiger partial charge is 0.417 e. The van der Waals surface area contributed by atoms with Crippen LogP contribution in [0.4, 0.5) is 57.1 Å². The summed E-state index contributed by atoms with van der Waals surface area (Å²) in [5.41, 5.74) is -6.88. The SMILES string of the molecule is Cc1cc(NC(=O)c2c(O)nc3c(C4OCC4(C)COc4ccnc(NC(=O)c5cnc6ccc(-c7ccccc7C(F)(F)F)nn56)n4)cc(-c4ccccc4C(F)(F)F)nn23)cc(C[n+]2c(O)c(C(=O)Nc3ncccn3)n3nc(-c4ccccc4C(F)(F)F)ccc32)n1. The zero-order valence-corrected chi connectivity index (χ0v) is 48.7. The van der Waals surface area contributed by atoms with E-state index in [2.05, 4.69) is 66.1 Å². The van der Waals surface area contributed by atoms with Gasteiger partial charge in [-0.1, -0.05) is 71.1 Å². The number of ether oxygens (including phenoxy) is 2. The Labute approximate surface area is 526 Å². The molecule has 12 aromatic rings. The highest BCUT2D eigenvalue weighted by Crippen LogP contribution is 2.49. The van der Waals surface area contributed by atoms with Crippen molar-refractivity contribution in [3.8, 4) is 51.4 Å². The summed E-state index contributed by atoms with van der Waals surface area (Å²) in [6, 6.07) is 26.1. The number of nitrogens with one attached hydrogen (secondary N) is 3. The molecule has 95 heavy (non-hydrogen) atoms. The predicted octanol–water partition coefficient (Wildman–Crippen LogP) is 10.4. The Morgan fingerprint density at radius 2 is 1.20 bits per heavy atom. The van der Waals surface area contributed by atoms with Crippen molar-refractivity contribution in [1.29, 1.82) is 0 Å². The molecule has 1 aliphatic rings. The zero-order valence-electron chi connectivity index (χ0n) is 48.7. The number of halogens is 9. The summed E-state index contributed by atoms with van der Waals surface area (Å²) in [7, 11) is 0. The van der Waals surface area contributed by atoms with E-state index in [9.17, 15) is 64.1 Å². The van der Waals surface area contributed by atoms with Crippen LogP contribution in [0.1, 0.15) is 78.1 Å². The number of aromatic hydroxyl groups is 2. The van der Waals surface area contributed by atoms with Gasteiger partial charge in [0.25, 0.3) is 11.8 Å². The van der Waals surface area contributed by atoms with Crippen LogP contribution in [-0.2, 0) is 29.8 Å². The lowest BCUT2D eigenvalue weighted by Gasteiger charge is -2.46. The molecular formula is C62H43F9N17O7+. The number of hydrogen-bond donors (Lipinski definition) is 5. The molecule has 0 spiro atoms. The molecule has 480 valence electrons. The van der Waals surface area contributed by atoms with E-state index < -0.39 is 93.2 Å². The molecule has 3 aromatic carbocycles. The Hall–Kier alpha value is -12.0. The first-order chi connectivity index (χ1) is 45.3. The van der Waals surface area contributed by atoms with Gasteiger partial charge >= 0.3 is 41.7 Å². The fraction of sp³-hybridized carbons (Fsp3) is 0.161. The Morgan fingerprint density at radius 3 is 1.83 bits per heavy atom. The van der Waals surface area contributed by atoms with Crippen molar-refractivity contribution in [3.63, 3.8) is 0 Å². The number of nitrogens with zero attached hydrogens (tertiary/aromatic N) is 14. The number of hydrogen-bond acceptors (Lipinski definition) is 17. The van der Waals surface area contributed by atoms with Gasteiger partial charge in [-0.15, -0.1) is 0 Å². The van der Waals surface area contributed by atoms with Crippen molar-refractivity contribution in [2.45, 2.75) is 45.0 Å². The summed E-state index contributed by atoms with van der Waals surface area (Å²) in [5, 5.41) is 44.2. The van der Waals surface area contributed by atoms with Crippen molar-refractivity contribution in [3.05, 3.63) is 203 Å². The maximum absolute atomic E-state index is 14.8. The predicted molar refractivity (Wildman–Crippen MR) is 314 cm³/mol. The van der Waals surface area contributed by atoms with E-state index >= 15 is 0 Å². The molecule has 1 saturated heterocycles.